The van der Waals surface area contributed by atoms with Crippen molar-refractivity contribution in [3.8, 4) is 0 Å². The first kappa shape index (κ1) is 12.4. The maximum absolute atomic E-state index is 11.7. The van der Waals surface area contributed by atoms with Crippen molar-refractivity contribution in [2.45, 2.75) is 32.4 Å². The summed E-state index contributed by atoms with van der Waals surface area (Å²) in [4.78, 5) is 13.6. The quantitative estimate of drug-likeness (QED) is 0.897. The van der Waals surface area contributed by atoms with Gasteiger partial charge in [-0.25, -0.2) is 0 Å². The number of halogens is 1. The molecule has 0 aliphatic carbocycles. The maximum Gasteiger partial charge on any atom is 0.222 e. The maximum atomic E-state index is 11.7. The normalized spacial score (nSPS) is 16.4. The van der Waals surface area contributed by atoms with Crippen LogP contribution in [0, 0.1) is 0 Å². The van der Waals surface area contributed by atoms with Crippen LogP contribution in [0.5, 0.6) is 0 Å². The van der Waals surface area contributed by atoms with Gasteiger partial charge in [-0.3, -0.25) is 4.79 Å². The summed E-state index contributed by atoms with van der Waals surface area (Å²) in [7, 11) is 0. The van der Waals surface area contributed by atoms with Crippen LogP contribution in [0.25, 0.3) is 0 Å². The Kier molecular flexibility index (Phi) is 4.02. The zero-order chi connectivity index (χ0) is 12.3. The topological polar surface area (TPSA) is 46.3 Å². The minimum atomic E-state index is 0.232. The molecule has 0 bridgehead atoms. The number of piperidine rings is 1. The second-order valence-corrected chi connectivity index (χ2v) is 4.81. The largest absolute Gasteiger partial charge is 0.338 e. The molecule has 2 rings (SSSR count). The van der Waals surface area contributed by atoms with Crippen molar-refractivity contribution in [3.63, 3.8) is 0 Å². The number of hydrogen-bond acceptors (Lipinski definition) is 2. The minimum Gasteiger partial charge on any atom is -0.338 e. The molecular weight excluding hydrogens is 236 g/mol. The summed E-state index contributed by atoms with van der Waals surface area (Å²) in [5, 5.41) is 0.700. The summed E-state index contributed by atoms with van der Waals surface area (Å²) in [6.45, 7) is 1.94. The lowest BCUT2D eigenvalue weighted by molar-refractivity contribution is -0.133. The van der Waals surface area contributed by atoms with Crippen LogP contribution in [-0.2, 0) is 17.9 Å². The Hall–Kier alpha value is -1.06. The molecule has 3 nitrogen and oxygen atoms in total. The molecule has 0 radical (unpaired) electrons. The number of hydrogen-bond donors (Lipinski definition) is 1. The number of carbonyl (C=O) groups excluding carboxylic acids is 1. The molecule has 4 heteroatoms. The number of likely N-dealkylation sites (tertiary alicyclic amines) is 1. The summed E-state index contributed by atoms with van der Waals surface area (Å²) in [6.07, 6.45) is 2.76. The monoisotopic (exact) mass is 252 g/mol. The molecule has 1 heterocycles. The summed E-state index contributed by atoms with van der Waals surface area (Å²) < 4.78 is 0. The number of carbonyl (C=O) groups is 1. The molecule has 1 aromatic rings. The summed E-state index contributed by atoms with van der Waals surface area (Å²) >= 11 is 6.18. The Labute approximate surface area is 107 Å². The van der Waals surface area contributed by atoms with E-state index in [-0.39, 0.29) is 5.91 Å². The molecule has 1 amide bonds. The van der Waals surface area contributed by atoms with Gasteiger partial charge in [0.2, 0.25) is 5.91 Å². The zero-order valence-corrected chi connectivity index (χ0v) is 10.5. The van der Waals surface area contributed by atoms with E-state index < -0.39 is 0 Å². The molecule has 1 aliphatic rings. The Bertz CT molecular complexity index is 420. The summed E-state index contributed by atoms with van der Waals surface area (Å²) in [6, 6.07) is 5.81. The van der Waals surface area contributed by atoms with Crippen LogP contribution < -0.4 is 5.73 Å². The van der Waals surface area contributed by atoms with Crippen LogP contribution >= 0.6 is 11.6 Å². The van der Waals surface area contributed by atoms with E-state index in [1.165, 1.54) is 0 Å². The Balaban J connectivity index is 2.10. The third kappa shape index (κ3) is 2.99. The van der Waals surface area contributed by atoms with Crippen molar-refractivity contribution >= 4 is 17.5 Å². The predicted molar refractivity (Wildman–Crippen MR) is 68.6 cm³/mol. The van der Waals surface area contributed by atoms with Crippen molar-refractivity contribution in [2.24, 2.45) is 5.73 Å². The molecule has 1 fully saturated rings. The molecule has 1 saturated heterocycles. The molecule has 2 N–H and O–H groups in total. The highest BCUT2D eigenvalue weighted by atomic mass is 35.5. The van der Waals surface area contributed by atoms with E-state index in [1.807, 2.05) is 23.1 Å². The molecule has 0 unspecified atom stereocenters. The van der Waals surface area contributed by atoms with E-state index >= 15 is 0 Å². The van der Waals surface area contributed by atoms with Crippen molar-refractivity contribution in [3.05, 3.63) is 34.3 Å². The molecule has 92 valence electrons. The molecule has 0 saturated carbocycles. The van der Waals surface area contributed by atoms with Gasteiger partial charge in [-0.15, -0.1) is 0 Å². The highest BCUT2D eigenvalue weighted by Gasteiger charge is 2.18. The van der Waals surface area contributed by atoms with Crippen molar-refractivity contribution in [1.82, 2.24) is 4.90 Å². The highest BCUT2D eigenvalue weighted by molar-refractivity contribution is 6.31. The van der Waals surface area contributed by atoms with E-state index in [0.717, 1.165) is 30.5 Å². The van der Waals surface area contributed by atoms with Crippen LogP contribution in [0.3, 0.4) is 0 Å². The van der Waals surface area contributed by atoms with E-state index in [1.54, 1.807) is 0 Å². The zero-order valence-electron chi connectivity index (χ0n) is 9.79. The van der Waals surface area contributed by atoms with Crippen LogP contribution in [0.15, 0.2) is 18.2 Å². The van der Waals surface area contributed by atoms with Gasteiger partial charge in [0.25, 0.3) is 0 Å². The lowest BCUT2D eigenvalue weighted by atomic mass is 10.1. The van der Waals surface area contributed by atoms with Gasteiger partial charge in [0.05, 0.1) is 0 Å². The van der Waals surface area contributed by atoms with Gasteiger partial charge < -0.3 is 10.6 Å². The van der Waals surface area contributed by atoms with Gasteiger partial charge in [0.1, 0.15) is 0 Å². The Morgan fingerprint density at radius 2 is 2.18 bits per heavy atom. The van der Waals surface area contributed by atoms with Crippen molar-refractivity contribution in [1.29, 1.82) is 0 Å². The molecule has 0 spiro atoms. The first-order valence-electron chi connectivity index (χ1n) is 5.96. The molecular formula is C13H17ClN2O. The van der Waals surface area contributed by atoms with Crippen LogP contribution in [0.1, 0.15) is 30.4 Å². The van der Waals surface area contributed by atoms with Crippen molar-refractivity contribution in [2.75, 3.05) is 6.54 Å². The minimum absolute atomic E-state index is 0.232. The average Bonchev–Trinajstić information content (AvgIpc) is 2.34. The lowest BCUT2D eigenvalue weighted by Gasteiger charge is -2.27. The number of rotatable bonds is 3. The molecule has 1 aromatic carbocycles. The molecule has 0 aromatic heterocycles. The summed E-state index contributed by atoms with van der Waals surface area (Å²) in [5.41, 5.74) is 7.57. The van der Waals surface area contributed by atoms with Crippen molar-refractivity contribution < 1.29 is 4.79 Å². The number of benzene rings is 1. The fourth-order valence-corrected chi connectivity index (χ4v) is 2.34. The number of nitrogens with two attached hydrogens (primary N) is 1. The van der Waals surface area contributed by atoms with Gasteiger partial charge >= 0.3 is 0 Å². The molecule has 0 atom stereocenters. The Morgan fingerprint density at radius 3 is 2.82 bits per heavy atom. The second kappa shape index (κ2) is 5.52. The second-order valence-electron chi connectivity index (χ2n) is 4.40. The van der Waals surface area contributed by atoms with E-state index in [9.17, 15) is 4.79 Å². The van der Waals surface area contributed by atoms with Gasteiger partial charge in [-0.05, 0) is 30.0 Å². The van der Waals surface area contributed by atoms with Gasteiger partial charge in [-0.2, -0.15) is 0 Å². The first-order valence-corrected chi connectivity index (χ1v) is 6.33. The standard InChI is InChI=1S/C13H17ClN2O/c14-12-7-10(8-15)4-5-11(12)9-16-6-2-1-3-13(16)17/h4-5,7H,1-3,6,8-9,15H2. The Morgan fingerprint density at radius 1 is 1.35 bits per heavy atom. The predicted octanol–water partition coefficient (Wildman–Crippen LogP) is 2.31. The van der Waals surface area contributed by atoms with Gasteiger partial charge in [0, 0.05) is 31.1 Å². The summed E-state index contributed by atoms with van der Waals surface area (Å²) in [5.74, 6) is 0.232. The fourth-order valence-electron chi connectivity index (χ4n) is 2.08. The van der Waals surface area contributed by atoms with E-state index in [0.29, 0.717) is 24.5 Å². The smallest absolute Gasteiger partial charge is 0.222 e. The van der Waals surface area contributed by atoms with Crippen LogP contribution in [0.2, 0.25) is 5.02 Å². The van der Waals surface area contributed by atoms with E-state index in [2.05, 4.69) is 0 Å². The third-order valence-corrected chi connectivity index (χ3v) is 3.49. The first-order chi connectivity index (χ1) is 8.20. The molecule has 1 aliphatic heterocycles. The fraction of sp³-hybridized carbons (Fsp3) is 0.462. The number of amides is 1. The number of nitrogens with zero attached hydrogens (tertiary/aromatic N) is 1. The highest BCUT2D eigenvalue weighted by Crippen LogP contribution is 2.21. The average molecular weight is 253 g/mol. The molecule has 17 heavy (non-hydrogen) atoms. The van der Waals surface area contributed by atoms with Gasteiger partial charge in [0.15, 0.2) is 0 Å². The lowest BCUT2D eigenvalue weighted by Crippen LogP contribution is -2.34. The van der Waals surface area contributed by atoms with Crippen LogP contribution in [-0.4, -0.2) is 17.4 Å². The van der Waals surface area contributed by atoms with E-state index in [4.69, 9.17) is 17.3 Å². The SMILES string of the molecule is NCc1ccc(CN2CCCCC2=O)c(Cl)c1. The van der Waals surface area contributed by atoms with Crippen LogP contribution in [0.4, 0.5) is 0 Å². The third-order valence-electron chi connectivity index (χ3n) is 3.14. The van der Waals surface area contributed by atoms with Gasteiger partial charge in [-0.1, -0.05) is 23.7 Å².